The number of aliphatic hydroxyl groups excluding tert-OH is 1. The molecule has 2 N–H and O–H groups in total. The normalized spacial score (nSPS) is 12.3. The maximum atomic E-state index is 9.21. The number of hydrogen-bond donors (Lipinski definition) is 2. The monoisotopic (exact) mass is 251 g/mol. The van der Waals surface area contributed by atoms with Crippen molar-refractivity contribution in [2.75, 3.05) is 6.61 Å². The van der Waals surface area contributed by atoms with Crippen LogP contribution in [0.5, 0.6) is 0 Å². The van der Waals surface area contributed by atoms with Crippen molar-refractivity contribution in [3.05, 3.63) is 34.5 Å². The number of fused-ring (bicyclic) bond motifs is 1. The third-order valence-electron chi connectivity index (χ3n) is 2.98. The third kappa shape index (κ3) is 2.33. The van der Waals surface area contributed by atoms with Crippen LogP contribution < -0.4 is 0 Å². The van der Waals surface area contributed by atoms with Crippen LogP contribution in [0.2, 0.25) is 5.02 Å². The summed E-state index contributed by atoms with van der Waals surface area (Å²) in [6.07, 6.45) is 0.660. The summed E-state index contributed by atoms with van der Waals surface area (Å²) in [6.45, 7) is 6.66. The van der Waals surface area contributed by atoms with Crippen LogP contribution in [0.4, 0.5) is 0 Å². The number of hydrogen-bond acceptors (Lipinski definition) is 1. The molecule has 0 saturated carbocycles. The number of aromatic amines is 1. The Hall–Kier alpha value is -0.990. The summed E-state index contributed by atoms with van der Waals surface area (Å²) in [5.41, 5.74) is 3.49. The molecule has 0 aliphatic rings. The summed E-state index contributed by atoms with van der Waals surface area (Å²) in [5, 5.41) is 11.1. The average molecular weight is 252 g/mol. The molecule has 0 atom stereocenters. The molecule has 3 heteroatoms. The lowest BCUT2D eigenvalue weighted by Gasteiger charge is -2.19. The minimum atomic E-state index is 0.0377. The van der Waals surface area contributed by atoms with E-state index >= 15 is 0 Å². The summed E-state index contributed by atoms with van der Waals surface area (Å²) < 4.78 is 0. The van der Waals surface area contributed by atoms with Gasteiger partial charge in [0, 0.05) is 33.6 Å². The second-order valence-electron chi connectivity index (χ2n) is 5.39. The lowest BCUT2D eigenvalue weighted by Crippen LogP contribution is -2.14. The molecule has 1 heterocycles. The fourth-order valence-electron chi connectivity index (χ4n) is 2.23. The number of halogens is 1. The van der Waals surface area contributed by atoms with Crippen LogP contribution in [0.15, 0.2) is 18.2 Å². The Morgan fingerprint density at radius 1 is 1.29 bits per heavy atom. The zero-order chi connectivity index (χ0) is 12.6. The van der Waals surface area contributed by atoms with Crippen molar-refractivity contribution in [3.63, 3.8) is 0 Å². The number of aliphatic hydroxyl groups is 1. The van der Waals surface area contributed by atoms with Crippen molar-refractivity contribution in [1.82, 2.24) is 4.98 Å². The van der Waals surface area contributed by atoms with Crippen molar-refractivity contribution in [2.24, 2.45) is 0 Å². The standard InChI is InChI=1S/C14H18ClNO/c1-14(2,3)13-10(6-7-17)11-8-9(15)4-5-12(11)16-13/h4-5,8,16-17H,6-7H2,1-3H3. The third-order valence-corrected chi connectivity index (χ3v) is 3.22. The first-order valence-electron chi connectivity index (χ1n) is 5.85. The second-order valence-corrected chi connectivity index (χ2v) is 5.83. The Labute approximate surface area is 107 Å². The van der Waals surface area contributed by atoms with Crippen LogP contribution >= 0.6 is 11.6 Å². The van der Waals surface area contributed by atoms with Crippen molar-refractivity contribution in [1.29, 1.82) is 0 Å². The predicted molar refractivity (Wildman–Crippen MR) is 72.8 cm³/mol. The van der Waals surface area contributed by atoms with Crippen LogP contribution in [-0.2, 0) is 11.8 Å². The van der Waals surface area contributed by atoms with Gasteiger partial charge in [0.2, 0.25) is 0 Å². The van der Waals surface area contributed by atoms with Gasteiger partial charge in [-0.3, -0.25) is 0 Å². The van der Waals surface area contributed by atoms with Gasteiger partial charge >= 0.3 is 0 Å². The van der Waals surface area contributed by atoms with E-state index in [4.69, 9.17) is 11.6 Å². The minimum absolute atomic E-state index is 0.0377. The molecule has 0 aliphatic carbocycles. The van der Waals surface area contributed by atoms with Crippen molar-refractivity contribution in [2.45, 2.75) is 32.6 Å². The molecule has 0 saturated heterocycles. The van der Waals surface area contributed by atoms with E-state index in [0.717, 1.165) is 15.9 Å². The Balaban J connectivity index is 2.71. The fourth-order valence-corrected chi connectivity index (χ4v) is 2.40. The first-order chi connectivity index (χ1) is 7.93. The number of H-pyrrole nitrogens is 1. The highest BCUT2D eigenvalue weighted by molar-refractivity contribution is 6.31. The van der Waals surface area contributed by atoms with E-state index in [2.05, 4.69) is 25.8 Å². The van der Waals surface area contributed by atoms with E-state index in [0.29, 0.717) is 6.42 Å². The van der Waals surface area contributed by atoms with Gasteiger partial charge in [0.1, 0.15) is 0 Å². The van der Waals surface area contributed by atoms with Crippen molar-refractivity contribution < 1.29 is 5.11 Å². The molecular weight excluding hydrogens is 234 g/mol. The molecule has 17 heavy (non-hydrogen) atoms. The van der Waals surface area contributed by atoms with E-state index < -0.39 is 0 Å². The Kier molecular flexibility index (Phi) is 3.19. The van der Waals surface area contributed by atoms with Crippen LogP contribution in [0.1, 0.15) is 32.0 Å². The highest BCUT2D eigenvalue weighted by Gasteiger charge is 2.22. The maximum Gasteiger partial charge on any atom is 0.0472 e. The summed E-state index contributed by atoms with van der Waals surface area (Å²) in [6, 6.07) is 5.84. The molecule has 0 amide bonds. The first kappa shape index (κ1) is 12.5. The van der Waals surface area contributed by atoms with Crippen LogP contribution in [0, 0.1) is 0 Å². The maximum absolute atomic E-state index is 9.21. The smallest absolute Gasteiger partial charge is 0.0472 e. The molecule has 0 aliphatic heterocycles. The molecule has 2 aromatic rings. The summed E-state index contributed by atoms with van der Waals surface area (Å²) >= 11 is 6.04. The van der Waals surface area contributed by atoms with E-state index in [-0.39, 0.29) is 12.0 Å². The van der Waals surface area contributed by atoms with Crippen LogP contribution in [-0.4, -0.2) is 16.7 Å². The van der Waals surface area contributed by atoms with Gasteiger partial charge in [0.25, 0.3) is 0 Å². The summed E-state index contributed by atoms with van der Waals surface area (Å²) in [7, 11) is 0. The summed E-state index contributed by atoms with van der Waals surface area (Å²) in [4.78, 5) is 3.45. The highest BCUT2D eigenvalue weighted by atomic mass is 35.5. The van der Waals surface area contributed by atoms with Gasteiger partial charge in [-0.1, -0.05) is 32.4 Å². The largest absolute Gasteiger partial charge is 0.396 e. The molecular formula is C14H18ClNO. The minimum Gasteiger partial charge on any atom is -0.396 e. The highest BCUT2D eigenvalue weighted by Crippen LogP contribution is 2.32. The molecule has 0 radical (unpaired) electrons. The SMILES string of the molecule is CC(C)(C)c1[nH]c2ccc(Cl)cc2c1CCO. The summed E-state index contributed by atoms with van der Waals surface area (Å²) in [5.74, 6) is 0. The Morgan fingerprint density at radius 2 is 2.00 bits per heavy atom. The lowest BCUT2D eigenvalue weighted by atomic mass is 9.88. The molecule has 1 aromatic heterocycles. The van der Waals surface area contributed by atoms with Crippen LogP contribution in [0.25, 0.3) is 10.9 Å². The van der Waals surface area contributed by atoms with Gasteiger partial charge in [-0.15, -0.1) is 0 Å². The molecule has 1 aromatic carbocycles. The molecule has 2 nitrogen and oxygen atoms in total. The van der Waals surface area contributed by atoms with Gasteiger partial charge < -0.3 is 10.1 Å². The molecule has 0 unspecified atom stereocenters. The van der Waals surface area contributed by atoms with E-state index in [1.54, 1.807) is 0 Å². The zero-order valence-electron chi connectivity index (χ0n) is 10.5. The zero-order valence-corrected chi connectivity index (χ0v) is 11.2. The van der Waals surface area contributed by atoms with Gasteiger partial charge in [0.15, 0.2) is 0 Å². The average Bonchev–Trinajstić information content (AvgIpc) is 2.57. The quantitative estimate of drug-likeness (QED) is 0.840. The number of aromatic nitrogens is 1. The second kappa shape index (κ2) is 4.35. The first-order valence-corrected chi connectivity index (χ1v) is 6.22. The van der Waals surface area contributed by atoms with Gasteiger partial charge in [-0.25, -0.2) is 0 Å². The van der Waals surface area contributed by atoms with Gasteiger partial charge in [0.05, 0.1) is 0 Å². The number of nitrogens with one attached hydrogen (secondary N) is 1. The van der Waals surface area contributed by atoms with Gasteiger partial charge in [-0.05, 0) is 30.2 Å². The molecule has 0 spiro atoms. The predicted octanol–water partition coefficient (Wildman–Crippen LogP) is 3.65. The topological polar surface area (TPSA) is 36.0 Å². The fraction of sp³-hybridized carbons (Fsp3) is 0.429. The molecule has 0 bridgehead atoms. The Bertz CT molecular complexity index is 537. The molecule has 2 rings (SSSR count). The number of rotatable bonds is 2. The molecule has 0 fully saturated rings. The number of benzene rings is 1. The van der Waals surface area contributed by atoms with E-state index in [1.165, 1.54) is 11.3 Å². The van der Waals surface area contributed by atoms with E-state index in [1.807, 2.05) is 18.2 Å². The van der Waals surface area contributed by atoms with Crippen molar-refractivity contribution in [3.8, 4) is 0 Å². The Morgan fingerprint density at radius 3 is 2.59 bits per heavy atom. The van der Waals surface area contributed by atoms with E-state index in [9.17, 15) is 5.11 Å². The molecule has 92 valence electrons. The van der Waals surface area contributed by atoms with Gasteiger partial charge in [-0.2, -0.15) is 0 Å². The lowest BCUT2D eigenvalue weighted by molar-refractivity contribution is 0.299. The van der Waals surface area contributed by atoms with Crippen LogP contribution in [0.3, 0.4) is 0 Å². The van der Waals surface area contributed by atoms with Crippen molar-refractivity contribution >= 4 is 22.5 Å².